The summed E-state index contributed by atoms with van der Waals surface area (Å²) in [6.07, 6.45) is 31.9. The van der Waals surface area contributed by atoms with Gasteiger partial charge in [0.1, 0.15) is 12.3 Å². The third-order valence-electron chi connectivity index (χ3n) is 14.1. The number of rotatable bonds is 5. The molecule has 1 saturated carbocycles. The van der Waals surface area contributed by atoms with E-state index in [4.69, 9.17) is 4.99 Å². The minimum Gasteiger partial charge on any atom is -0.333 e. The number of aromatic nitrogens is 1. The Labute approximate surface area is 342 Å². The zero-order chi connectivity index (χ0) is 39.5. The van der Waals surface area contributed by atoms with Gasteiger partial charge < -0.3 is 9.47 Å². The van der Waals surface area contributed by atoms with E-state index in [0.29, 0.717) is 29.7 Å². The zero-order valence-corrected chi connectivity index (χ0v) is 33.4. The second-order valence-electron chi connectivity index (χ2n) is 17.8. The fourth-order valence-electron chi connectivity index (χ4n) is 11.3. The second-order valence-corrected chi connectivity index (χ2v) is 17.8. The third-order valence-corrected chi connectivity index (χ3v) is 14.1. The molecule has 7 heteroatoms. The van der Waals surface area contributed by atoms with E-state index in [-0.39, 0.29) is 30.3 Å². The quantitative estimate of drug-likeness (QED) is 0.279. The third kappa shape index (κ3) is 6.06. The molecule has 2 aromatic carbocycles. The summed E-state index contributed by atoms with van der Waals surface area (Å²) in [5.74, 6) is 1.50. The lowest BCUT2D eigenvalue weighted by molar-refractivity contribution is 0.148. The van der Waals surface area contributed by atoms with E-state index in [0.717, 1.165) is 60.7 Å². The van der Waals surface area contributed by atoms with Crippen LogP contribution in [0.5, 0.6) is 0 Å². The van der Waals surface area contributed by atoms with E-state index in [2.05, 4.69) is 131 Å². The van der Waals surface area contributed by atoms with Crippen molar-refractivity contribution in [1.29, 1.82) is 15.8 Å². The molecular formula is C51H49N7. The van der Waals surface area contributed by atoms with Gasteiger partial charge in [0, 0.05) is 35.3 Å². The molecule has 0 saturated heterocycles. The second kappa shape index (κ2) is 14.5. The van der Waals surface area contributed by atoms with Gasteiger partial charge in [-0.05, 0) is 139 Å². The maximum absolute atomic E-state index is 10.3. The number of dihydropyridines is 1. The van der Waals surface area contributed by atoms with Crippen LogP contribution in [0, 0.1) is 63.1 Å². The summed E-state index contributed by atoms with van der Waals surface area (Å²) in [6, 6.07) is 22.6. The van der Waals surface area contributed by atoms with Crippen molar-refractivity contribution < 1.29 is 0 Å². The van der Waals surface area contributed by atoms with Crippen molar-refractivity contribution in [2.75, 3.05) is 0 Å². The van der Waals surface area contributed by atoms with Crippen molar-refractivity contribution in [3.05, 3.63) is 142 Å². The molecule has 58 heavy (non-hydrogen) atoms. The van der Waals surface area contributed by atoms with Crippen molar-refractivity contribution in [2.45, 2.75) is 89.6 Å². The largest absolute Gasteiger partial charge is 0.333 e. The van der Waals surface area contributed by atoms with Gasteiger partial charge in [-0.3, -0.25) is 10.3 Å². The topological polar surface area (TPSA) is 104 Å². The smallest absolute Gasteiger partial charge is 0.132 e. The molecule has 9 unspecified atom stereocenters. The van der Waals surface area contributed by atoms with E-state index in [1.165, 1.54) is 40.0 Å². The molecule has 7 aliphatic rings. The van der Waals surface area contributed by atoms with Crippen LogP contribution < -0.4 is 5.32 Å². The Kier molecular flexibility index (Phi) is 9.08. The van der Waals surface area contributed by atoms with E-state index in [9.17, 15) is 15.8 Å². The Balaban J connectivity index is 1.14. The van der Waals surface area contributed by atoms with E-state index in [1.54, 1.807) is 0 Å². The van der Waals surface area contributed by atoms with Crippen LogP contribution >= 0.6 is 0 Å². The molecule has 10 rings (SSSR count). The number of nitrogens with one attached hydrogen (secondary N) is 1. The van der Waals surface area contributed by atoms with Crippen LogP contribution in [0.2, 0.25) is 0 Å². The van der Waals surface area contributed by atoms with Gasteiger partial charge >= 0.3 is 0 Å². The number of benzene rings is 2. The average molecular weight is 760 g/mol. The lowest BCUT2D eigenvalue weighted by Gasteiger charge is -2.43. The highest BCUT2D eigenvalue weighted by atomic mass is 15.4. The molecule has 1 aromatic heterocycles. The monoisotopic (exact) mass is 759 g/mol. The summed E-state index contributed by atoms with van der Waals surface area (Å²) in [5, 5.41) is 35.4. The number of allylic oxidation sites excluding steroid dienone is 8. The summed E-state index contributed by atoms with van der Waals surface area (Å²) >= 11 is 0. The fourth-order valence-corrected chi connectivity index (χ4v) is 11.3. The molecule has 0 spiro atoms. The minimum absolute atomic E-state index is 0.0162. The maximum atomic E-state index is 10.3. The first-order valence-electron chi connectivity index (χ1n) is 21.3. The Morgan fingerprint density at radius 1 is 0.983 bits per heavy atom. The molecule has 0 amide bonds. The molecule has 0 bridgehead atoms. The standard InChI is InChI=1S/C51H49N7/c1-32-16-18-39(42(23-32)35-10-7-9-33(24-35)29-52)38-12-4-3-11-37(38)36-26-48(56-49(27-36)58-45-15-6-5-13-40(45)41-14-8-22-55-50(41)58)57-46-19-17-34(30-53)25-43(46)44-28-51(2,31-54)21-20-47(44)57/h3-4,6-8,10-12,14-15,17,19-22,24-26,32-33,39,41-42,48-50,56H,5,9,13,16,18,23,27-28H2,1-2H3. The molecular weight excluding hydrogens is 711 g/mol. The van der Waals surface area contributed by atoms with Gasteiger partial charge in [-0.1, -0.05) is 74.1 Å². The summed E-state index contributed by atoms with van der Waals surface area (Å²) in [5.41, 5.74) is 11.4. The molecule has 288 valence electrons. The van der Waals surface area contributed by atoms with Gasteiger partial charge in [0.2, 0.25) is 0 Å². The lowest BCUT2D eigenvalue weighted by Crippen LogP contribution is -2.52. The molecule has 9 atom stereocenters. The van der Waals surface area contributed by atoms with Gasteiger partial charge in [-0.25, -0.2) is 0 Å². The number of fused-ring (bicyclic) bond motifs is 5. The van der Waals surface area contributed by atoms with E-state index < -0.39 is 5.41 Å². The molecule has 4 aliphatic carbocycles. The molecule has 1 fully saturated rings. The van der Waals surface area contributed by atoms with Crippen LogP contribution in [0.4, 0.5) is 0 Å². The van der Waals surface area contributed by atoms with Crippen LogP contribution in [0.15, 0.2) is 119 Å². The molecule has 1 N–H and O–H groups in total. The lowest BCUT2D eigenvalue weighted by atomic mass is 9.66. The Morgan fingerprint density at radius 3 is 2.74 bits per heavy atom. The highest BCUT2D eigenvalue weighted by molar-refractivity contribution is 5.91. The number of hydrogen-bond donors (Lipinski definition) is 1. The van der Waals surface area contributed by atoms with Crippen molar-refractivity contribution in [3.63, 3.8) is 0 Å². The van der Waals surface area contributed by atoms with Crippen molar-refractivity contribution in [3.8, 4) is 18.2 Å². The van der Waals surface area contributed by atoms with Gasteiger partial charge in [-0.2, -0.15) is 15.8 Å². The van der Waals surface area contributed by atoms with Crippen LogP contribution in [0.25, 0.3) is 22.6 Å². The minimum atomic E-state index is -0.630. The van der Waals surface area contributed by atoms with E-state index in [1.807, 2.05) is 25.3 Å². The van der Waals surface area contributed by atoms with Crippen LogP contribution in [-0.4, -0.2) is 28.0 Å². The fraction of sp³-hybridized carbons (Fsp3) is 0.373. The van der Waals surface area contributed by atoms with Crippen molar-refractivity contribution in [2.24, 2.45) is 34.1 Å². The van der Waals surface area contributed by atoms with Gasteiger partial charge in [0.15, 0.2) is 0 Å². The number of aliphatic imine (C=N–C) groups is 1. The van der Waals surface area contributed by atoms with Gasteiger partial charge in [0.25, 0.3) is 0 Å². The number of nitriles is 3. The van der Waals surface area contributed by atoms with E-state index >= 15 is 0 Å². The summed E-state index contributed by atoms with van der Waals surface area (Å²) in [4.78, 5) is 7.73. The summed E-state index contributed by atoms with van der Waals surface area (Å²) < 4.78 is 2.42. The predicted octanol–water partition coefficient (Wildman–Crippen LogP) is 10.6. The van der Waals surface area contributed by atoms with Gasteiger partial charge in [0.05, 0.1) is 46.8 Å². The number of hydrogen-bond acceptors (Lipinski definition) is 6. The van der Waals surface area contributed by atoms with Crippen LogP contribution in [-0.2, 0) is 6.42 Å². The SMILES string of the molecule is CC1CCC(c2ccccc2C2=CC(n3c4c(c5cc(C#N)ccc53)CC(C)(C#N)C=C4)NC(N3C4=C(CCC=C4)C4C=CC=NC43)C2)C(C2=CC(C#N)CC=C2)C1. The molecule has 7 nitrogen and oxygen atoms in total. The van der Waals surface area contributed by atoms with Crippen LogP contribution in [0.3, 0.4) is 0 Å². The predicted molar refractivity (Wildman–Crippen MR) is 230 cm³/mol. The maximum Gasteiger partial charge on any atom is 0.132 e. The Morgan fingerprint density at radius 2 is 1.88 bits per heavy atom. The Hall–Kier alpha value is -5.94. The molecule has 4 heterocycles. The first kappa shape index (κ1) is 36.4. The highest BCUT2D eigenvalue weighted by Crippen LogP contribution is 2.50. The molecule has 3 aliphatic heterocycles. The van der Waals surface area contributed by atoms with Crippen molar-refractivity contribution >= 4 is 28.8 Å². The zero-order valence-electron chi connectivity index (χ0n) is 33.4. The molecule has 3 aromatic rings. The first-order valence-corrected chi connectivity index (χ1v) is 21.3. The van der Waals surface area contributed by atoms with Crippen LogP contribution in [0.1, 0.15) is 98.8 Å². The molecule has 0 radical (unpaired) electrons. The normalized spacial score (nSPS) is 32.2. The number of nitrogens with zero attached hydrogens (tertiary/aromatic N) is 6. The van der Waals surface area contributed by atoms with Gasteiger partial charge in [-0.15, -0.1) is 0 Å². The van der Waals surface area contributed by atoms with Crippen molar-refractivity contribution in [1.82, 2.24) is 14.8 Å². The first-order chi connectivity index (χ1) is 28.4. The highest BCUT2D eigenvalue weighted by Gasteiger charge is 2.45. The Bertz CT molecular complexity index is 2580. The summed E-state index contributed by atoms with van der Waals surface area (Å²) in [7, 11) is 0. The summed E-state index contributed by atoms with van der Waals surface area (Å²) in [6.45, 7) is 4.39. The average Bonchev–Trinajstić information content (AvgIpc) is 3.78.